The van der Waals surface area contributed by atoms with Crippen LogP contribution in [0.5, 0.6) is 0 Å². The molecule has 0 bridgehead atoms. The summed E-state index contributed by atoms with van der Waals surface area (Å²) in [6.45, 7) is 17.6. The fourth-order valence-electron chi connectivity index (χ4n) is 2.96. The van der Waals surface area contributed by atoms with Gasteiger partial charge in [-0.1, -0.05) is 76.9 Å². The van der Waals surface area contributed by atoms with E-state index < -0.39 is 0 Å². The van der Waals surface area contributed by atoms with Crippen molar-refractivity contribution in [2.75, 3.05) is 0 Å². The number of hydrogen-bond acceptors (Lipinski definition) is 0. The summed E-state index contributed by atoms with van der Waals surface area (Å²) in [5.74, 6) is 0. The Morgan fingerprint density at radius 1 is 0.667 bits per heavy atom. The molecule has 3 heteroatoms. The minimum absolute atomic E-state index is 0. The number of benzene rings is 2. The summed E-state index contributed by atoms with van der Waals surface area (Å²) >= 11 is 0. The molecule has 146 valence electrons. The summed E-state index contributed by atoms with van der Waals surface area (Å²) < 4.78 is 0. The van der Waals surface area contributed by atoms with Gasteiger partial charge in [-0.15, -0.1) is 39.7 Å². The van der Waals surface area contributed by atoms with E-state index in [4.69, 9.17) is 0 Å². The van der Waals surface area contributed by atoms with Crippen molar-refractivity contribution in [1.29, 1.82) is 0 Å². The molecule has 0 nitrogen and oxygen atoms in total. The first kappa shape index (κ1) is 29.0. The van der Waals surface area contributed by atoms with E-state index in [9.17, 15) is 0 Å². The van der Waals surface area contributed by atoms with E-state index in [1.165, 1.54) is 32.7 Å². The molecule has 3 aromatic carbocycles. The van der Waals surface area contributed by atoms with Crippen molar-refractivity contribution < 1.29 is 50.7 Å². The van der Waals surface area contributed by atoms with E-state index in [0.717, 1.165) is 0 Å². The second-order valence-electron chi connectivity index (χ2n) is 8.83. The van der Waals surface area contributed by atoms with E-state index in [1.54, 1.807) is 0 Å². The first-order chi connectivity index (χ1) is 11.1. The van der Waals surface area contributed by atoms with Gasteiger partial charge in [-0.25, -0.2) is 0 Å². The first-order valence-electron chi connectivity index (χ1n) is 8.96. The third kappa shape index (κ3) is 6.94. The molecule has 0 amide bonds. The molecular formula is C24H32Cl2Hf. The maximum atomic E-state index is 2.35. The Kier molecular flexibility index (Phi) is 11.9. The summed E-state index contributed by atoms with van der Waals surface area (Å²) in [6.07, 6.45) is 2.00. The van der Waals surface area contributed by atoms with Crippen molar-refractivity contribution in [2.45, 2.75) is 66.2 Å². The monoisotopic (exact) mass is 570 g/mol. The smallest absolute Gasteiger partial charge is 1.00 e. The van der Waals surface area contributed by atoms with Gasteiger partial charge in [0.2, 0.25) is 0 Å². The number of hydrogen-bond donors (Lipinski definition) is 0. The van der Waals surface area contributed by atoms with Crippen molar-refractivity contribution in [3.63, 3.8) is 0 Å². The second-order valence-corrected chi connectivity index (χ2v) is 8.83. The fourth-order valence-corrected chi connectivity index (χ4v) is 2.96. The molecule has 0 fully saturated rings. The van der Waals surface area contributed by atoms with Crippen LogP contribution in [0, 0.1) is 6.42 Å². The molecule has 0 spiro atoms. The zero-order chi connectivity index (χ0) is 18.1. The molecule has 0 radical (unpaired) electrons. The van der Waals surface area contributed by atoms with Crippen LogP contribution in [0.25, 0.3) is 21.5 Å². The molecule has 0 atom stereocenters. The molecule has 27 heavy (non-hydrogen) atoms. The Hall–Kier alpha value is -0.240. The fraction of sp³-hybridized carbons (Fsp3) is 0.417. The van der Waals surface area contributed by atoms with Gasteiger partial charge in [-0.3, -0.25) is 0 Å². The molecule has 0 N–H and O–H groups in total. The van der Waals surface area contributed by atoms with Gasteiger partial charge in [0.05, 0.1) is 0 Å². The quantitative estimate of drug-likeness (QED) is 0.285. The van der Waals surface area contributed by atoms with Gasteiger partial charge in [0.15, 0.2) is 0 Å². The molecule has 3 aromatic rings. The zero-order valence-corrected chi connectivity index (χ0v) is 23.0. The maximum absolute atomic E-state index is 2.35. The Morgan fingerprint density at radius 3 is 1.22 bits per heavy atom. The Labute approximate surface area is 197 Å². The molecule has 0 aliphatic heterocycles. The number of rotatable bonds is 0. The SMILES string of the molecule is CC(C)(C)c1ccc2c(c1)[cH-]c1cc(C(C)(C)C)ccc12.C[CH-]C.[Cl-].[Cl-].[Hf+4]. The van der Waals surface area contributed by atoms with Crippen LogP contribution in [0.4, 0.5) is 0 Å². The van der Waals surface area contributed by atoms with Crippen LogP contribution in [0.2, 0.25) is 0 Å². The average Bonchev–Trinajstić information content (AvgIpc) is 2.82. The average molecular weight is 570 g/mol. The third-order valence-corrected chi connectivity index (χ3v) is 4.44. The molecule has 0 aliphatic rings. The predicted molar refractivity (Wildman–Crippen MR) is 110 cm³/mol. The van der Waals surface area contributed by atoms with Crippen LogP contribution in [0.3, 0.4) is 0 Å². The minimum atomic E-state index is 0. The largest absolute Gasteiger partial charge is 4.00 e. The van der Waals surface area contributed by atoms with Crippen molar-refractivity contribution in [3.05, 3.63) is 60.0 Å². The van der Waals surface area contributed by atoms with Gasteiger partial charge in [0, 0.05) is 0 Å². The van der Waals surface area contributed by atoms with Gasteiger partial charge in [-0.2, -0.15) is 13.8 Å². The molecular weight excluding hydrogens is 538 g/mol. The Morgan fingerprint density at radius 2 is 0.963 bits per heavy atom. The van der Waals surface area contributed by atoms with Crippen molar-refractivity contribution in [3.8, 4) is 0 Å². The van der Waals surface area contributed by atoms with Gasteiger partial charge < -0.3 is 31.2 Å². The Bertz CT molecular complexity index is 765. The van der Waals surface area contributed by atoms with E-state index >= 15 is 0 Å². The Balaban J connectivity index is 0. The van der Waals surface area contributed by atoms with Gasteiger partial charge in [-0.05, 0) is 10.8 Å². The van der Waals surface area contributed by atoms with Crippen molar-refractivity contribution in [1.82, 2.24) is 0 Å². The third-order valence-electron chi connectivity index (χ3n) is 4.44. The number of halogens is 2. The summed E-state index contributed by atoms with van der Waals surface area (Å²) in [6, 6.07) is 16.2. The van der Waals surface area contributed by atoms with Crippen LogP contribution in [0.15, 0.2) is 42.5 Å². The first-order valence-corrected chi connectivity index (χ1v) is 8.96. The number of fused-ring (bicyclic) bond motifs is 3. The molecule has 0 saturated heterocycles. The van der Waals surface area contributed by atoms with E-state index in [-0.39, 0.29) is 61.5 Å². The summed E-state index contributed by atoms with van der Waals surface area (Å²) in [7, 11) is 0. The van der Waals surface area contributed by atoms with Crippen LogP contribution in [-0.4, -0.2) is 0 Å². The van der Waals surface area contributed by atoms with E-state index in [0.29, 0.717) is 0 Å². The van der Waals surface area contributed by atoms with Crippen LogP contribution < -0.4 is 24.8 Å². The normalized spacial score (nSPS) is 11.0. The summed E-state index contributed by atoms with van der Waals surface area (Å²) in [5, 5.41) is 5.48. The zero-order valence-electron chi connectivity index (χ0n) is 17.9. The van der Waals surface area contributed by atoms with Gasteiger partial charge in [0.25, 0.3) is 0 Å². The van der Waals surface area contributed by atoms with Crippen LogP contribution in [0.1, 0.15) is 66.5 Å². The second kappa shape index (κ2) is 11.1. The molecule has 3 rings (SSSR count). The van der Waals surface area contributed by atoms with Crippen molar-refractivity contribution >= 4 is 21.5 Å². The molecule has 0 aliphatic carbocycles. The molecule has 0 heterocycles. The maximum Gasteiger partial charge on any atom is 4.00 e. The van der Waals surface area contributed by atoms with Crippen molar-refractivity contribution in [2.24, 2.45) is 0 Å². The van der Waals surface area contributed by atoms with Gasteiger partial charge >= 0.3 is 25.8 Å². The standard InChI is InChI=1S/C21H25.C3H7.2ClH.Hf/c1-20(2,3)16-7-9-18-14(12-16)11-15-13-17(21(4,5)6)8-10-19(15)18;1-3-2;;;/h7-13H,1-6H3;3H,1-2H3;2*1H;/q2*-1;;;+4/p-2. The van der Waals surface area contributed by atoms with Crippen LogP contribution in [-0.2, 0) is 36.7 Å². The molecule has 0 aromatic heterocycles. The summed E-state index contributed by atoms with van der Waals surface area (Å²) in [5.41, 5.74) is 3.21. The molecule has 0 saturated carbocycles. The van der Waals surface area contributed by atoms with Crippen LogP contribution >= 0.6 is 0 Å². The minimum Gasteiger partial charge on any atom is -1.00 e. The topological polar surface area (TPSA) is 0 Å². The molecule has 0 unspecified atom stereocenters. The predicted octanol–water partition coefficient (Wildman–Crippen LogP) is 1.54. The van der Waals surface area contributed by atoms with E-state index in [1.807, 2.05) is 20.3 Å². The van der Waals surface area contributed by atoms with Gasteiger partial charge in [0.1, 0.15) is 0 Å². The van der Waals surface area contributed by atoms with E-state index in [2.05, 4.69) is 84.0 Å². The summed E-state index contributed by atoms with van der Waals surface area (Å²) in [4.78, 5) is 0.